The molecule has 1 unspecified atom stereocenters. The Morgan fingerprint density at radius 3 is 2.32 bits per heavy atom. The molecule has 0 saturated carbocycles. The molecule has 2 rings (SSSR count). The van der Waals surface area contributed by atoms with Crippen LogP contribution in [0.15, 0.2) is 41.8 Å². The van der Waals surface area contributed by atoms with E-state index in [1.165, 1.54) is 0 Å². The van der Waals surface area contributed by atoms with E-state index in [4.69, 9.17) is 0 Å². The van der Waals surface area contributed by atoms with Gasteiger partial charge in [0.15, 0.2) is 0 Å². The van der Waals surface area contributed by atoms with Gasteiger partial charge in [-0.2, -0.15) is 0 Å². The Balaban J connectivity index is 1.81. The summed E-state index contributed by atoms with van der Waals surface area (Å²) in [4.78, 5) is 25.0. The molecule has 0 aliphatic rings. The predicted molar refractivity (Wildman–Crippen MR) is 104 cm³/mol. The molecule has 0 saturated heterocycles. The van der Waals surface area contributed by atoms with Crippen molar-refractivity contribution in [2.45, 2.75) is 39.8 Å². The van der Waals surface area contributed by atoms with Gasteiger partial charge in [0, 0.05) is 22.7 Å². The van der Waals surface area contributed by atoms with E-state index < -0.39 is 0 Å². The fourth-order valence-electron chi connectivity index (χ4n) is 2.29. The first kappa shape index (κ1) is 19.0. The minimum Gasteiger partial charge on any atom is -0.374 e. The van der Waals surface area contributed by atoms with Gasteiger partial charge in [-0.05, 0) is 48.6 Å². The van der Waals surface area contributed by atoms with Crippen LogP contribution in [-0.2, 0) is 16.1 Å². The van der Waals surface area contributed by atoms with Gasteiger partial charge in [-0.1, -0.05) is 19.9 Å². The van der Waals surface area contributed by atoms with Gasteiger partial charge in [-0.15, -0.1) is 11.3 Å². The topological polar surface area (TPSA) is 70.2 Å². The highest BCUT2D eigenvalue weighted by molar-refractivity contribution is 7.09. The summed E-state index contributed by atoms with van der Waals surface area (Å²) in [6.07, 6.45) is 0.501. The standard InChI is InChI=1S/C19H25N3O2S/c1-13(2)11-18(23)22-16-8-6-15(7-9-16)21-14(3)19(24)20-12-17-5-4-10-25-17/h4-10,13-14,21H,11-12H2,1-3H3,(H,20,24)(H,22,23). The van der Waals surface area contributed by atoms with Gasteiger partial charge in [0.05, 0.1) is 6.54 Å². The second-order valence-electron chi connectivity index (χ2n) is 6.39. The fraction of sp³-hybridized carbons (Fsp3) is 0.368. The van der Waals surface area contributed by atoms with Gasteiger partial charge in [-0.25, -0.2) is 0 Å². The highest BCUT2D eigenvalue weighted by atomic mass is 32.1. The smallest absolute Gasteiger partial charge is 0.242 e. The Bertz CT molecular complexity index is 681. The van der Waals surface area contributed by atoms with Crippen LogP contribution in [0.2, 0.25) is 0 Å². The van der Waals surface area contributed by atoms with Gasteiger partial charge in [-0.3, -0.25) is 9.59 Å². The first-order chi connectivity index (χ1) is 11.9. The average molecular weight is 359 g/mol. The second kappa shape index (κ2) is 9.22. The SMILES string of the molecule is CC(C)CC(=O)Nc1ccc(NC(C)C(=O)NCc2cccs2)cc1. The van der Waals surface area contributed by atoms with Crippen molar-refractivity contribution in [2.75, 3.05) is 10.6 Å². The molecular formula is C19H25N3O2S. The third-order valence-corrected chi connectivity index (χ3v) is 4.43. The Morgan fingerprint density at radius 1 is 1.04 bits per heavy atom. The molecule has 0 radical (unpaired) electrons. The lowest BCUT2D eigenvalue weighted by molar-refractivity contribution is -0.121. The number of carbonyl (C=O) groups is 2. The van der Waals surface area contributed by atoms with Gasteiger partial charge < -0.3 is 16.0 Å². The quantitative estimate of drug-likeness (QED) is 0.670. The van der Waals surface area contributed by atoms with Crippen molar-refractivity contribution in [1.29, 1.82) is 0 Å². The summed E-state index contributed by atoms with van der Waals surface area (Å²) in [5.41, 5.74) is 1.59. The molecule has 0 fully saturated rings. The van der Waals surface area contributed by atoms with E-state index in [0.29, 0.717) is 18.9 Å². The normalized spacial score (nSPS) is 11.8. The zero-order chi connectivity index (χ0) is 18.2. The molecule has 1 aromatic carbocycles. The number of amides is 2. The highest BCUT2D eigenvalue weighted by Gasteiger charge is 2.12. The molecule has 1 atom stereocenters. The largest absolute Gasteiger partial charge is 0.374 e. The highest BCUT2D eigenvalue weighted by Crippen LogP contribution is 2.15. The third-order valence-electron chi connectivity index (χ3n) is 3.56. The zero-order valence-electron chi connectivity index (χ0n) is 14.8. The molecule has 25 heavy (non-hydrogen) atoms. The molecule has 2 aromatic rings. The van der Waals surface area contributed by atoms with E-state index in [1.807, 2.05) is 62.5 Å². The number of hydrogen-bond donors (Lipinski definition) is 3. The number of anilines is 2. The summed E-state index contributed by atoms with van der Waals surface area (Å²) in [6, 6.07) is 11.0. The molecule has 5 nitrogen and oxygen atoms in total. The summed E-state index contributed by atoms with van der Waals surface area (Å²) in [6.45, 7) is 6.39. The van der Waals surface area contributed by atoms with Crippen LogP contribution in [0.3, 0.4) is 0 Å². The Kier molecular flexibility index (Phi) is 7.01. The van der Waals surface area contributed by atoms with Crippen LogP contribution in [0.4, 0.5) is 11.4 Å². The molecule has 0 aliphatic heterocycles. The van der Waals surface area contributed by atoms with E-state index in [-0.39, 0.29) is 17.9 Å². The first-order valence-electron chi connectivity index (χ1n) is 8.40. The second-order valence-corrected chi connectivity index (χ2v) is 7.42. The molecule has 2 amide bonds. The molecule has 134 valence electrons. The van der Waals surface area contributed by atoms with Crippen molar-refractivity contribution in [3.05, 3.63) is 46.7 Å². The molecule has 0 aliphatic carbocycles. The van der Waals surface area contributed by atoms with Crippen molar-refractivity contribution < 1.29 is 9.59 Å². The maximum Gasteiger partial charge on any atom is 0.242 e. The fourth-order valence-corrected chi connectivity index (χ4v) is 2.93. The summed E-state index contributed by atoms with van der Waals surface area (Å²) in [7, 11) is 0. The number of hydrogen-bond acceptors (Lipinski definition) is 4. The van der Waals surface area contributed by atoms with Crippen LogP contribution < -0.4 is 16.0 Å². The van der Waals surface area contributed by atoms with Gasteiger partial charge in [0.25, 0.3) is 0 Å². The monoisotopic (exact) mass is 359 g/mol. The van der Waals surface area contributed by atoms with Crippen LogP contribution in [0, 0.1) is 5.92 Å². The van der Waals surface area contributed by atoms with Crippen LogP contribution in [-0.4, -0.2) is 17.9 Å². The Morgan fingerprint density at radius 2 is 1.72 bits per heavy atom. The number of carbonyl (C=O) groups excluding carboxylic acids is 2. The van der Waals surface area contributed by atoms with Crippen molar-refractivity contribution in [3.8, 4) is 0 Å². The van der Waals surface area contributed by atoms with Gasteiger partial charge in [0.2, 0.25) is 11.8 Å². The molecule has 1 heterocycles. The van der Waals surface area contributed by atoms with Gasteiger partial charge >= 0.3 is 0 Å². The molecule has 6 heteroatoms. The van der Waals surface area contributed by atoms with Gasteiger partial charge in [0.1, 0.15) is 6.04 Å². The third kappa shape index (κ3) is 6.58. The maximum atomic E-state index is 12.1. The van der Waals surface area contributed by atoms with Crippen LogP contribution >= 0.6 is 11.3 Å². The lowest BCUT2D eigenvalue weighted by Gasteiger charge is -2.15. The van der Waals surface area contributed by atoms with E-state index in [2.05, 4.69) is 16.0 Å². The minimum absolute atomic E-state index is 0.0111. The molecule has 3 N–H and O–H groups in total. The molecule has 0 bridgehead atoms. The summed E-state index contributed by atoms with van der Waals surface area (Å²) in [5, 5.41) is 10.9. The van der Waals surface area contributed by atoms with E-state index in [1.54, 1.807) is 11.3 Å². The zero-order valence-corrected chi connectivity index (χ0v) is 15.7. The van der Waals surface area contributed by atoms with Crippen LogP contribution in [0.5, 0.6) is 0 Å². The Hall–Kier alpha value is -2.34. The van der Waals surface area contributed by atoms with E-state index in [0.717, 1.165) is 16.3 Å². The van der Waals surface area contributed by atoms with Crippen molar-refractivity contribution >= 4 is 34.5 Å². The molecular weight excluding hydrogens is 334 g/mol. The Labute approximate surface area is 152 Å². The summed E-state index contributed by atoms with van der Waals surface area (Å²) >= 11 is 1.62. The van der Waals surface area contributed by atoms with Crippen LogP contribution in [0.25, 0.3) is 0 Å². The lowest BCUT2D eigenvalue weighted by atomic mass is 10.1. The van der Waals surface area contributed by atoms with Crippen molar-refractivity contribution in [2.24, 2.45) is 5.92 Å². The maximum absolute atomic E-state index is 12.1. The van der Waals surface area contributed by atoms with Crippen LogP contribution in [0.1, 0.15) is 32.1 Å². The van der Waals surface area contributed by atoms with Crippen molar-refractivity contribution in [3.63, 3.8) is 0 Å². The number of benzene rings is 1. The minimum atomic E-state index is -0.346. The summed E-state index contributed by atoms with van der Waals surface area (Å²) in [5.74, 6) is 0.286. The predicted octanol–water partition coefficient (Wildman–Crippen LogP) is 3.85. The molecule has 1 aromatic heterocycles. The lowest BCUT2D eigenvalue weighted by Crippen LogP contribution is -2.37. The van der Waals surface area contributed by atoms with Crippen molar-refractivity contribution in [1.82, 2.24) is 5.32 Å². The average Bonchev–Trinajstić information content (AvgIpc) is 3.07. The summed E-state index contributed by atoms with van der Waals surface area (Å²) < 4.78 is 0. The number of rotatable bonds is 8. The first-order valence-corrected chi connectivity index (χ1v) is 9.28. The van der Waals surface area contributed by atoms with E-state index >= 15 is 0 Å². The number of thiophene rings is 1. The van der Waals surface area contributed by atoms with E-state index in [9.17, 15) is 9.59 Å². The molecule has 0 spiro atoms. The number of nitrogens with one attached hydrogen (secondary N) is 3.